The Morgan fingerprint density at radius 3 is 1.86 bits per heavy atom. The zero-order valence-corrected chi connectivity index (χ0v) is 16.9. The third kappa shape index (κ3) is 3.03. The number of allylic oxidation sites excluding steroid dienone is 2. The molecule has 0 amide bonds. The van der Waals surface area contributed by atoms with E-state index >= 15 is 0 Å². The number of hydrogen-bond acceptors (Lipinski definition) is 2. The van der Waals surface area contributed by atoms with Gasteiger partial charge in [-0.25, -0.2) is 0 Å². The van der Waals surface area contributed by atoms with Gasteiger partial charge in [0.15, 0.2) is 5.79 Å². The van der Waals surface area contributed by atoms with Crippen LogP contribution in [0.4, 0.5) is 0 Å². The van der Waals surface area contributed by atoms with Crippen LogP contribution in [0.2, 0.25) is 0 Å². The van der Waals surface area contributed by atoms with Crippen LogP contribution in [0.3, 0.4) is 0 Å². The Labute approximate surface area is 168 Å². The van der Waals surface area contributed by atoms with Crippen molar-refractivity contribution in [2.45, 2.75) is 63.9 Å². The van der Waals surface area contributed by atoms with Crippen molar-refractivity contribution in [2.24, 2.45) is 11.8 Å². The van der Waals surface area contributed by atoms with E-state index in [1.54, 1.807) is 5.57 Å². The predicted molar refractivity (Wildman–Crippen MR) is 112 cm³/mol. The summed E-state index contributed by atoms with van der Waals surface area (Å²) in [6, 6.07) is 21.3. The zero-order chi connectivity index (χ0) is 19.1. The van der Waals surface area contributed by atoms with Gasteiger partial charge in [0, 0.05) is 12.3 Å². The summed E-state index contributed by atoms with van der Waals surface area (Å²) >= 11 is 0. The highest BCUT2D eigenvalue weighted by atomic mass is 16.8. The van der Waals surface area contributed by atoms with E-state index in [1.165, 1.54) is 36.0 Å². The minimum atomic E-state index is -0.452. The van der Waals surface area contributed by atoms with Crippen molar-refractivity contribution in [3.63, 3.8) is 0 Å². The second-order valence-corrected chi connectivity index (χ2v) is 8.94. The van der Waals surface area contributed by atoms with E-state index in [-0.39, 0.29) is 12.2 Å². The molecule has 4 atom stereocenters. The molecule has 2 nitrogen and oxygen atoms in total. The summed E-state index contributed by atoms with van der Waals surface area (Å²) in [5, 5.41) is 0. The van der Waals surface area contributed by atoms with Crippen LogP contribution in [-0.2, 0) is 9.47 Å². The Morgan fingerprint density at radius 2 is 1.29 bits per heavy atom. The van der Waals surface area contributed by atoms with Crippen molar-refractivity contribution in [3.8, 4) is 0 Å². The summed E-state index contributed by atoms with van der Waals surface area (Å²) in [6.07, 6.45) is 5.72. The van der Waals surface area contributed by atoms with Crippen LogP contribution >= 0.6 is 0 Å². The summed E-state index contributed by atoms with van der Waals surface area (Å²) < 4.78 is 13.9. The van der Waals surface area contributed by atoms with E-state index in [9.17, 15) is 0 Å². The Bertz CT molecular complexity index is 807. The molecule has 1 saturated carbocycles. The number of benzene rings is 2. The molecule has 2 aromatic carbocycles. The highest BCUT2D eigenvalue weighted by Crippen LogP contribution is 2.58. The molecule has 2 aromatic rings. The number of hydrogen-bond donors (Lipinski definition) is 0. The maximum atomic E-state index is 6.95. The first-order valence-corrected chi connectivity index (χ1v) is 10.8. The van der Waals surface area contributed by atoms with E-state index in [4.69, 9.17) is 9.47 Å². The number of ether oxygens (including phenoxy) is 2. The molecular formula is C26H30O2. The maximum absolute atomic E-state index is 6.95. The molecule has 0 bridgehead atoms. The van der Waals surface area contributed by atoms with Crippen molar-refractivity contribution in [3.05, 3.63) is 82.9 Å². The highest BCUT2D eigenvalue weighted by Gasteiger charge is 2.56. The number of fused-ring (bicyclic) bond motifs is 2. The lowest BCUT2D eigenvalue weighted by atomic mass is 9.66. The van der Waals surface area contributed by atoms with Crippen LogP contribution in [0.5, 0.6) is 0 Å². The van der Waals surface area contributed by atoms with Crippen molar-refractivity contribution in [1.29, 1.82) is 0 Å². The van der Waals surface area contributed by atoms with Gasteiger partial charge in [-0.3, -0.25) is 0 Å². The molecule has 146 valence electrons. The monoisotopic (exact) mass is 374 g/mol. The van der Waals surface area contributed by atoms with Crippen molar-refractivity contribution >= 4 is 0 Å². The summed E-state index contributed by atoms with van der Waals surface area (Å²) in [4.78, 5) is 0. The summed E-state index contributed by atoms with van der Waals surface area (Å²) in [6.45, 7) is 4.61. The smallest absolute Gasteiger partial charge is 0.173 e. The average Bonchev–Trinajstić information content (AvgIpc) is 3.11. The lowest BCUT2D eigenvalue weighted by Gasteiger charge is -2.47. The van der Waals surface area contributed by atoms with E-state index in [1.807, 2.05) is 0 Å². The lowest BCUT2D eigenvalue weighted by molar-refractivity contribution is -0.242. The van der Waals surface area contributed by atoms with Gasteiger partial charge in [-0.2, -0.15) is 0 Å². The molecule has 5 rings (SSSR count). The molecule has 1 aliphatic heterocycles. The van der Waals surface area contributed by atoms with Gasteiger partial charge in [-0.1, -0.05) is 71.8 Å². The number of rotatable bonds is 2. The van der Waals surface area contributed by atoms with Crippen molar-refractivity contribution in [1.82, 2.24) is 0 Å². The largest absolute Gasteiger partial charge is 0.339 e. The Kier molecular flexibility index (Phi) is 4.65. The van der Waals surface area contributed by atoms with Crippen molar-refractivity contribution < 1.29 is 9.47 Å². The molecule has 0 unspecified atom stereocenters. The van der Waals surface area contributed by atoms with Crippen LogP contribution < -0.4 is 0 Å². The average molecular weight is 375 g/mol. The summed E-state index contributed by atoms with van der Waals surface area (Å²) in [7, 11) is 0. The van der Waals surface area contributed by atoms with E-state index in [0.29, 0.717) is 11.8 Å². The van der Waals surface area contributed by atoms with Crippen molar-refractivity contribution in [2.75, 3.05) is 0 Å². The Hall–Kier alpha value is -1.90. The first kappa shape index (κ1) is 18.1. The SMILES string of the molecule is CC1=C(C)C[C@@H]2[C@@H](CCCC23O[C@H](c2ccccc2)[C@@H](c2ccccc2)O3)C1. The fraction of sp³-hybridized carbons (Fsp3) is 0.462. The zero-order valence-electron chi connectivity index (χ0n) is 16.9. The standard InChI is InChI=1S/C26H30O2/c1-18-16-22-14-9-15-26(23(22)17-19(18)2)27-24(20-10-5-3-6-11-20)25(28-26)21-12-7-4-8-13-21/h3-8,10-13,22-25H,9,14-17H2,1-2H3/t22-,23+,24+,25+/m0/s1. The topological polar surface area (TPSA) is 18.5 Å². The quantitative estimate of drug-likeness (QED) is 0.541. The van der Waals surface area contributed by atoms with Crippen LogP contribution in [0.15, 0.2) is 71.8 Å². The minimum absolute atomic E-state index is 0.0466. The minimum Gasteiger partial charge on any atom is -0.339 e. The first-order valence-electron chi connectivity index (χ1n) is 10.8. The molecule has 1 spiro atoms. The van der Waals surface area contributed by atoms with Gasteiger partial charge < -0.3 is 9.47 Å². The van der Waals surface area contributed by atoms with Crippen LogP contribution in [0.1, 0.15) is 69.3 Å². The van der Waals surface area contributed by atoms with Crippen LogP contribution in [0.25, 0.3) is 0 Å². The third-order valence-corrected chi connectivity index (χ3v) is 7.24. The van der Waals surface area contributed by atoms with E-state index < -0.39 is 5.79 Å². The van der Waals surface area contributed by atoms with Gasteiger partial charge in [0.05, 0.1) is 0 Å². The fourth-order valence-electron chi connectivity index (χ4n) is 5.64. The molecule has 2 heteroatoms. The predicted octanol–water partition coefficient (Wildman–Crippen LogP) is 6.76. The molecule has 2 aliphatic carbocycles. The maximum Gasteiger partial charge on any atom is 0.173 e. The van der Waals surface area contributed by atoms with Gasteiger partial charge in [-0.15, -0.1) is 0 Å². The third-order valence-electron chi connectivity index (χ3n) is 7.24. The highest BCUT2D eigenvalue weighted by molar-refractivity contribution is 5.28. The molecule has 0 radical (unpaired) electrons. The van der Waals surface area contributed by atoms with Gasteiger partial charge in [0.1, 0.15) is 12.2 Å². The van der Waals surface area contributed by atoms with Gasteiger partial charge in [0.2, 0.25) is 0 Å². The molecule has 1 heterocycles. The van der Waals surface area contributed by atoms with Crippen LogP contribution in [0, 0.1) is 11.8 Å². The molecule has 28 heavy (non-hydrogen) atoms. The molecule has 1 saturated heterocycles. The molecule has 0 aromatic heterocycles. The Balaban J connectivity index is 1.54. The fourth-order valence-corrected chi connectivity index (χ4v) is 5.64. The molecule has 3 aliphatic rings. The normalized spacial score (nSPS) is 31.8. The van der Waals surface area contributed by atoms with Gasteiger partial charge in [-0.05, 0) is 56.6 Å². The van der Waals surface area contributed by atoms with E-state index in [2.05, 4.69) is 74.5 Å². The molecular weight excluding hydrogens is 344 g/mol. The van der Waals surface area contributed by atoms with Gasteiger partial charge in [0.25, 0.3) is 0 Å². The van der Waals surface area contributed by atoms with Gasteiger partial charge >= 0.3 is 0 Å². The lowest BCUT2D eigenvalue weighted by Crippen LogP contribution is -2.47. The molecule has 0 N–H and O–H groups in total. The Morgan fingerprint density at radius 1 is 0.750 bits per heavy atom. The molecule has 2 fully saturated rings. The first-order chi connectivity index (χ1) is 13.7. The van der Waals surface area contributed by atoms with Crippen LogP contribution in [-0.4, -0.2) is 5.79 Å². The van der Waals surface area contributed by atoms with E-state index in [0.717, 1.165) is 12.8 Å². The second-order valence-electron chi connectivity index (χ2n) is 8.94. The second kappa shape index (κ2) is 7.17. The summed E-state index contributed by atoms with van der Waals surface area (Å²) in [5.74, 6) is 0.694. The summed E-state index contributed by atoms with van der Waals surface area (Å²) in [5.41, 5.74) is 5.55.